The van der Waals surface area contributed by atoms with Gasteiger partial charge >= 0.3 is 0 Å². The average molecular weight is 250 g/mol. The molecule has 0 saturated carbocycles. The Balaban J connectivity index is 1.87. The van der Waals surface area contributed by atoms with Crippen LogP contribution in [0.25, 0.3) is 0 Å². The number of aryl methyl sites for hydroxylation is 2. The molecule has 4 nitrogen and oxygen atoms in total. The quantitative estimate of drug-likeness (QED) is 0.885. The van der Waals surface area contributed by atoms with Crippen LogP contribution < -0.4 is 5.32 Å². The SMILES string of the molecule is Cc1nn(C)cc1C(C)NCC1CCCCN1C. The van der Waals surface area contributed by atoms with Crippen molar-refractivity contribution < 1.29 is 0 Å². The Morgan fingerprint density at radius 1 is 1.44 bits per heavy atom. The number of piperidine rings is 1. The van der Waals surface area contributed by atoms with Crippen LogP contribution in [0.15, 0.2) is 6.20 Å². The first kappa shape index (κ1) is 13.6. The van der Waals surface area contributed by atoms with Crippen molar-refractivity contribution in [2.45, 2.75) is 45.2 Å². The lowest BCUT2D eigenvalue weighted by molar-refractivity contribution is 0.178. The van der Waals surface area contributed by atoms with Gasteiger partial charge in [0.2, 0.25) is 0 Å². The summed E-state index contributed by atoms with van der Waals surface area (Å²) in [6.07, 6.45) is 6.17. The molecule has 102 valence electrons. The summed E-state index contributed by atoms with van der Waals surface area (Å²) >= 11 is 0. The maximum absolute atomic E-state index is 4.41. The van der Waals surface area contributed by atoms with E-state index in [9.17, 15) is 0 Å². The highest BCUT2D eigenvalue weighted by molar-refractivity contribution is 5.19. The van der Waals surface area contributed by atoms with Gasteiger partial charge in [0.15, 0.2) is 0 Å². The fraction of sp³-hybridized carbons (Fsp3) is 0.786. The Morgan fingerprint density at radius 2 is 2.22 bits per heavy atom. The van der Waals surface area contributed by atoms with Crippen molar-refractivity contribution in [2.24, 2.45) is 7.05 Å². The van der Waals surface area contributed by atoms with Gasteiger partial charge in [0.05, 0.1) is 5.69 Å². The Hall–Kier alpha value is -0.870. The molecule has 0 bridgehead atoms. The molecule has 1 aliphatic rings. The number of likely N-dealkylation sites (N-methyl/N-ethyl adjacent to an activating group) is 1. The van der Waals surface area contributed by atoms with Gasteiger partial charge < -0.3 is 10.2 Å². The number of likely N-dealkylation sites (tertiary alicyclic amines) is 1. The number of nitrogens with zero attached hydrogens (tertiary/aromatic N) is 3. The highest BCUT2D eigenvalue weighted by Crippen LogP contribution is 2.18. The van der Waals surface area contributed by atoms with Crippen LogP contribution >= 0.6 is 0 Å². The van der Waals surface area contributed by atoms with Crippen molar-refractivity contribution >= 4 is 0 Å². The van der Waals surface area contributed by atoms with Gasteiger partial charge in [-0.15, -0.1) is 0 Å². The summed E-state index contributed by atoms with van der Waals surface area (Å²) in [5, 5.41) is 8.07. The van der Waals surface area contributed by atoms with E-state index in [4.69, 9.17) is 0 Å². The van der Waals surface area contributed by atoms with Gasteiger partial charge in [-0.25, -0.2) is 0 Å². The second kappa shape index (κ2) is 5.85. The second-order valence-corrected chi connectivity index (χ2v) is 5.60. The third-order valence-corrected chi connectivity index (χ3v) is 4.10. The lowest BCUT2D eigenvalue weighted by Gasteiger charge is -2.33. The molecule has 1 fully saturated rings. The van der Waals surface area contributed by atoms with Crippen LogP contribution in [0.3, 0.4) is 0 Å². The zero-order valence-electron chi connectivity index (χ0n) is 12.1. The molecule has 0 radical (unpaired) electrons. The van der Waals surface area contributed by atoms with Crippen LogP contribution in [0.1, 0.15) is 43.5 Å². The predicted molar refractivity (Wildman–Crippen MR) is 74.6 cm³/mol. The van der Waals surface area contributed by atoms with Gasteiger partial charge in [-0.05, 0) is 40.3 Å². The molecular weight excluding hydrogens is 224 g/mol. The lowest BCUT2D eigenvalue weighted by Crippen LogP contribution is -2.43. The van der Waals surface area contributed by atoms with Crippen molar-refractivity contribution in [3.63, 3.8) is 0 Å². The molecule has 2 unspecified atom stereocenters. The number of hydrogen-bond acceptors (Lipinski definition) is 3. The maximum atomic E-state index is 4.41. The molecule has 0 aromatic carbocycles. The third kappa shape index (κ3) is 3.12. The molecule has 0 amide bonds. The smallest absolute Gasteiger partial charge is 0.0641 e. The Bertz CT molecular complexity index is 385. The highest BCUT2D eigenvalue weighted by atomic mass is 15.3. The first-order valence-corrected chi connectivity index (χ1v) is 7.01. The van der Waals surface area contributed by atoms with Crippen LogP contribution in [0.5, 0.6) is 0 Å². The van der Waals surface area contributed by atoms with Crippen molar-refractivity contribution in [3.8, 4) is 0 Å². The summed E-state index contributed by atoms with van der Waals surface area (Å²) in [4.78, 5) is 2.49. The van der Waals surface area contributed by atoms with E-state index in [0.29, 0.717) is 12.1 Å². The molecule has 0 aliphatic carbocycles. The summed E-state index contributed by atoms with van der Waals surface area (Å²) in [7, 11) is 4.23. The fourth-order valence-electron chi connectivity index (χ4n) is 2.87. The van der Waals surface area contributed by atoms with Crippen molar-refractivity contribution in [3.05, 3.63) is 17.5 Å². The molecule has 1 saturated heterocycles. The summed E-state index contributed by atoms with van der Waals surface area (Å²) in [6.45, 7) is 6.63. The largest absolute Gasteiger partial charge is 0.309 e. The van der Waals surface area contributed by atoms with E-state index in [2.05, 4.69) is 42.4 Å². The number of nitrogens with one attached hydrogen (secondary N) is 1. The standard InChI is InChI=1S/C14H26N4/c1-11(14-10-18(4)16-12(14)2)15-9-13-7-5-6-8-17(13)3/h10-11,13,15H,5-9H2,1-4H3. The van der Waals surface area contributed by atoms with Gasteiger partial charge in [-0.3, -0.25) is 4.68 Å². The monoisotopic (exact) mass is 250 g/mol. The van der Waals surface area contributed by atoms with Crippen molar-refractivity contribution in [2.75, 3.05) is 20.1 Å². The molecule has 2 rings (SSSR count). The lowest BCUT2D eigenvalue weighted by atomic mass is 10.0. The Morgan fingerprint density at radius 3 is 2.83 bits per heavy atom. The number of hydrogen-bond donors (Lipinski definition) is 1. The zero-order valence-corrected chi connectivity index (χ0v) is 12.1. The third-order valence-electron chi connectivity index (χ3n) is 4.10. The number of aromatic nitrogens is 2. The summed E-state index contributed by atoms with van der Waals surface area (Å²) in [5.74, 6) is 0. The molecule has 1 N–H and O–H groups in total. The first-order valence-electron chi connectivity index (χ1n) is 7.01. The van der Waals surface area contributed by atoms with Gasteiger partial charge in [0.1, 0.15) is 0 Å². The zero-order chi connectivity index (χ0) is 13.1. The normalized spacial score (nSPS) is 23.2. The fourth-order valence-corrected chi connectivity index (χ4v) is 2.87. The predicted octanol–water partition coefficient (Wildman–Crippen LogP) is 1.86. The van der Waals surface area contributed by atoms with Gasteiger partial charge in [0, 0.05) is 37.4 Å². The molecule has 0 spiro atoms. The van der Waals surface area contributed by atoms with Crippen molar-refractivity contribution in [1.29, 1.82) is 0 Å². The Labute approximate surface area is 110 Å². The van der Waals surface area contributed by atoms with Crippen LogP contribution in [0.2, 0.25) is 0 Å². The first-order chi connectivity index (χ1) is 8.58. The molecule has 1 aliphatic heterocycles. The summed E-state index contributed by atoms with van der Waals surface area (Å²) in [5.41, 5.74) is 2.45. The van der Waals surface area contributed by atoms with E-state index in [1.54, 1.807) is 0 Å². The van der Waals surface area contributed by atoms with E-state index < -0.39 is 0 Å². The van der Waals surface area contributed by atoms with Crippen molar-refractivity contribution in [1.82, 2.24) is 20.0 Å². The van der Waals surface area contributed by atoms with Crippen LogP contribution in [0, 0.1) is 6.92 Å². The molecule has 18 heavy (non-hydrogen) atoms. The minimum atomic E-state index is 0.383. The van der Waals surface area contributed by atoms with E-state index >= 15 is 0 Å². The highest BCUT2D eigenvalue weighted by Gasteiger charge is 2.20. The van der Waals surface area contributed by atoms with E-state index in [0.717, 1.165) is 12.2 Å². The summed E-state index contributed by atoms with van der Waals surface area (Å²) in [6, 6.07) is 1.08. The molecule has 1 aromatic rings. The molecule has 2 heterocycles. The second-order valence-electron chi connectivity index (χ2n) is 5.60. The average Bonchev–Trinajstić information content (AvgIpc) is 2.67. The van der Waals surface area contributed by atoms with E-state index in [1.807, 2.05) is 11.7 Å². The minimum absolute atomic E-state index is 0.383. The molecule has 4 heteroatoms. The minimum Gasteiger partial charge on any atom is -0.309 e. The molecule has 1 aromatic heterocycles. The number of rotatable bonds is 4. The maximum Gasteiger partial charge on any atom is 0.0641 e. The van der Waals surface area contributed by atoms with Gasteiger partial charge in [0.25, 0.3) is 0 Å². The van der Waals surface area contributed by atoms with Gasteiger partial charge in [-0.2, -0.15) is 5.10 Å². The van der Waals surface area contributed by atoms with E-state index in [-0.39, 0.29) is 0 Å². The summed E-state index contributed by atoms with van der Waals surface area (Å²) < 4.78 is 1.90. The van der Waals surface area contributed by atoms with E-state index in [1.165, 1.54) is 31.4 Å². The molecule has 2 atom stereocenters. The van der Waals surface area contributed by atoms with Crippen LogP contribution in [-0.4, -0.2) is 40.9 Å². The topological polar surface area (TPSA) is 33.1 Å². The van der Waals surface area contributed by atoms with Gasteiger partial charge in [-0.1, -0.05) is 6.42 Å². The van der Waals surface area contributed by atoms with Crippen LogP contribution in [0.4, 0.5) is 0 Å². The van der Waals surface area contributed by atoms with Crippen LogP contribution in [-0.2, 0) is 7.05 Å². The molecular formula is C14H26N4. The Kier molecular flexibility index (Phi) is 4.40.